The number of carbonyl (C=O) groups excluding carboxylic acids is 2. The molecule has 1 aliphatic rings. The van der Waals surface area contributed by atoms with Crippen molar-refractivity contribution in [3.05, 3.63) is 35.4 Å². The van der Waals surface area contributed by atoms with Gasteiger partial charge in [-0.2, -0.15) is 24.9 Å². The van der Waals surface area contributed by atoms with Gasteiger partial charge in [0, 0.05) is 11.6 Å². The topological polar surface area (TPSA) is 58.2 Å². The Morgan fingerprint density at radius 3 is 2.67 bits per heavy atom. The quantitative estimate of drug-likeness (QED) is 0.728. The number of carbonyl (C=O) groups is 2. The Labute approximate surface area is 161 Å². The Hall–Kier alpha value is -1.70. The average Bonchev–Trinajstić information content (AvgIpc) is 3.04. The zero-order chi connectivity index (χ0) is 20.0. The highest BCUT2D eigenvalue weighted by Crippen LogP contribution is 2.30. The van der Waals surface area contributed by atoms with Crippen LogP contribution in [0.4, 0.5) is 13.2 Å². The zero-order valence-electron chi connectivity index (χ0n) is 15.4. The second-order valence-electron chi connectivity index (χ2n) is 7.01. The Balaban J connectivity index is 1.84. The first-order chi connectivity index (χ1) is 12.7. The Bertz CT molecular complexity index is 665. The van der Waals surface area contributed by atoms with Gasteiger partial charge in [-0.3, -0.25) is 9.59 Å². The molecule has 1 aromatic rings. The van der Waals surface area contributed by atoms with Gasteiger partial charge in [0.15, 0.2) is 0 Å². The van der Waals surface area contributed by atoms with E-state index >= 15 is 0 Å². The van der Waals surface area contributed by atoms with Gasteiger partial charge in [0.25, 0.3) is 5.91 Å². The summed E-state index contributed by atoms with van der Waals surface area (Å²) in [6, 6.07) is 4.24. The molecule has 2 rings (SSSR count). The van der Waals surface area contributed by atoms with Crippen LogP contribution in [0.25, 0.3) is 0 Å². The van der Waals surface area contributed by atoms with Gasteiger partial charge in [-0.15, -0.1) is 0 Å². The minimum absolute atomic E-state index is 0.0919. The lowest BCUT2D eigenvalue weighted by Gasteiger charge is -2.21. The molecular weight excluding hydrogens is 377 g/mol. The number of nitrogens with one attached hydrogen (secondary N) is 2. The van der Waals surface area contributed by atoms with E-state index in [0.29, 0.717) is 11.2 Å². The largest absolute Gasteiger partial charge is 0.416 e. The Morgan fingerprint density at radius 1 is 1.26 bits per heavy atom. The monoisotopic (exact) mass is 402 g/mol. The van der Waals surface area contributed by atoms with E-state index in [0.717, 1.165) is 37.1 Å². The summed E-state index contributed by atoms with van der Waals surface area (Å²) in [5.41, 5.74) is -1.01. The summed E-state index contributed by atoms with van der Waals surface area (Å²) in [5, 5.41) is 5.88. The molecule has 0 aromatic heterocycles. The second kappa shape index (κ2) is 9.48. The second-order valence-corrected chi connectivity index (χ2v) is 8.62. The molecule has 2 amide bonds. The summed E-state index contributed by atoms with van der Waals surface area (Å²) in [7, 11) is 0. The first kappa shape index (κ1) is 21.6. The van der Waals surface area contributed by atoms with Crippen molar-refractivity contribution >= 4 is 23.6 Å². The number of benzene rings is 1. The summed E-state index contributed by atoms with van der Waals surface area (Å²) < 4.78 is 38.2. The fourth-order valence-corrected chi connectivity index (χ4v) is 4.13. The van der Waals surface area contributed by atoms with Gasteiger partial charge >= 0.3 is 6.18 Å². The van der Waals surface area contributed by atoms with Gasteiger partial charge in [0.1, 0.15) is 0 Å². The fourth-order valence-electron chi connectivity index (χ4n) is 3.10. The van der Waals surface area contributed by atoms with Crippen molar-refractivity contribution in [3.63, 3.8) is 0 Å². The molecule has 0 bridgehead atoms. The molecular formula is C19H25F3N2O2S. The lowest BCUT2D eigenvalue weighted by atomic mass is 10.1. The van der Waals surface area contributed by atoms with E-state index < -0.39 is 17.6 Å². The van der Waals surface area contributed by atoms with Crippen molar-refractivity contribution < 1.29 is 22.8 Å². The third-order valence-electron chi connectivity index (χ3n) is 4.51. The van der Waals surface area contributed by atoms with Crippen LogP contribution in [-0.4, -0.2) is 35.4 Å². The highest BCUT2D eigenvalue weighted by atomic mass is 32.2. The number of hydrogen-bond donors (Lipinski definition) is 2. The molecule has 0 heterocycles. The summed E-state index contributed by atoms with van der Waals surface area (Å²) in [5.74, 6) is 0.385. The van der Waals surface area contributed by atoms with Crippen molar-refractivity contribution in [3.8, 4) is 0 Å². The predicted octanol–water partition coefficient (Wildman–Crippen LogP) is 3.86. The third kappa shape index (κ3) is 6.75. The third-order valence-corrected chi connectivity index (χ3v) is 5.80. The molecule has 1 saturated carbocycles. The Kier molecular flexibility index (Phi) is 7.59. The highest BCUT2D eigenvalue weighted by molar-refractivity contribution is 7.99. The number of alkyl halides is 3. The van der Waals surface area contributed by atoms with Crippen LogP contribution in [0.1, 0.15) is 49.0 Å². The van der Waals surface area contributed by atoms with E-state index in [1.54, 1.807) is 0 Å². The summed E-state index contributed by atoms with van der Waals surface area (Å²) in [4.78, 5) is 24.2. The first-order valence-corrected chi connectivity index (χ1v) is 10.1. The maximum atomic E-state index is 12.7. The predicted molar refractivity (Wildman–Crippen MR) is 101 cm³/mol. The number of amides is 2. The SMILES string of the molecule is CC(C)SCC1CCCC1NC(=O)CNC(=O)c1cccc(C(F)(F)F)c1. The van der Waals surface area contributed by atoms with E-state index in [4.69, 9.17) is 0 Å². The van der Waals surface area contributed by atoms with Gasteiger partial charge in [-0.25, -0.2) is 0 Å². The fraction of sp³-hybridized carbons (Fsp3) is 0.579. The molecule has 2 atom stereocenters. The van der Waals surface area contributed by atoms with Crippen molar-refractivity contribution in [1.82, 2.24) is 10.6 Å². The molecule has 2 N–H and O–H groups in total. The Morgan fingerprint density at radius 2 is 2.00 bits per heavy atom. The standard InChI is InChI=1S/C19H25F3N2O2S/c1-12(2)27-11-14-6-4-8-16(14)24-17(25)10-23-18(26)13-5-3-7-15(9-13)19(20,21)22/h3,5,7,9,12,14,16H,4,6,8,10-11H2,1-2H3,(H,23,26)(H,24,25). The number of hydrogen-bond acceptors (Lipinski definition) is 3. The van der Waals surface area contributed by atoms with E-state index in [-0.39, 0.29) is 24.1 Å². The lowest BCUT2D eigenvalue weighted by molar-refractivity contribution is -0.137. The minimum Gasteiger partial charge on any atom is -0.352 e. The van der Waals surface area contributed by atoms with E-state index in [2.05, 4.69) is 24.5 Å². The summed E-state index contributed by atoms with van der Waals surface area (Å²) in [6.45, 7) is 4.02. The first-order valence-electron chi connectivity index (χ1n) is 9.03. The molecule has 4 nitrogen and oxygen atoms in total. The summed E-state index contributed by atoms with van der Waals surface area (Å²) in [6.07, 6.45) is -1.47. The molecule has 0 radical (unpaired) electrons. The van der Waals surface area contributed by atoms with E-state index in [9.17, 15) is 22.8 Å². The zero-order valence-corrected chi connectivity index (χ0v) is 16.3. The molecule has 8 heteroatoms. The van der Waals surface area contributed by atoms with Crippen molar-refractivity contribution in [2.75, 3.05) is 12.3 Å². The van der Waals surface area contributed by atoms with E-state index in [1.165, 1.54) is 12.1 Å². The van der Waals surface area contributed by atoms with Crippen molar-refractivity contribution in [2.45, 2.75) is 50.6 Å². The van der Waals surface area contributed by atoms with E-state index in [1.807, 2.05) is 11.8 Å². The normalized spacial score (nSPS) is 19.9. The smallest absolute Gasteiger partial charge is 0.352 e. The molecule has 0 aliphatic heterocycles. The van der Waals surface area contributed by atoms with Gasteiger partial charge in [-0.1, -0.05) is 26.3 Å². The van der Waals surface area contributed by atoms with Crippen LogP contribution in [0.5, 0.6) is 0 Å². The maximum Gasteiger partial charge on any atom is 0.416 e. The van der Waals surface area contributed by atoms with Gasteiger partial charge in [0.2, 0.25) is 5.91 Å². The van der Waals surface area contributed by atoms with Crippen LogP contribution in [0.2, 0.25) is 0 Å². The van der Waals surface area contributed by atoms with Gasteiger partial charge in [0.05, 0.1) is 12.1 Å². The van der Waals surface area contributed by atoms with Crippen molar-refractivity contribution in [1.29, 1.82) is 0 Å². The van der Waals surface area contributed by atoms with Crippen LogP contribution in [0, 0.1) is 5.92 Å². The van der Waals surface area contributed by atoms with Gasteiger partial charge < -0.3 is 10.6 Å². The van der Waals surface area contributed by atoms with Crippen LogP contribution >= 0.6 is 11.8 Å². The minimum atomic E-state index is -4.51. The van der Waals surface area contributed by atoms with Crippen LogP contribution in [-0.2, 0) is 11.0 Å². The molecule has 2 unspecified atom stereocenters. The molecule has 1 aromatic carbocycles. The molecule has 150 valence electrons. The highest BCUT2D eigenvalue weighted by Gasteiger charge is 2.31. The van der Waals surface area contributed by atoms with Crippen LogP contribution < -0.4 is 10.6 Å². The average molecular weight is 402 g/mol. The summed E-state index contributed by atoms with van der Waals surface area (Å²) >= 11 is 1.87. The van der Waals surface area contributed by atoms with Crippen molar-refractivity contribution in [2.24, 2.45) is 5.92 Å². The number of thioether (sulfide) groups is 1. The maximum absolute atomic E-state index is 12.7. The molecule has 1 fully saturated rings. The lowest BCUT2D eigenvalue weighted by Crippen LogP contribution is -2.43. The van der Waals surface area contributed by atoms with Crippen LogP contribution in [0.3, 0.4) is 0 Å². The number of halogens is 3. The van der Waals surface area contributed by atoms with Gasteiger partial charge in [-0.05, 0) is 48.0 Å². The molecule has 0 spiro atoms. The molecule has 1 aliphatic carbocycles. The number of rotatable bonds is 7. The molecule has 27 heavy (non-hydrogen) atoms. The molecule has 0 saturated heterocycles. The van der Waals surface area contributed by atoms with Crippen LogP contribution in [0.15, 0.2) is 24.3 Å².